The van der Waals surface area contributed by atoms with E-state index in [-0.39, 0.29) is 19.6 Å². The van der Waals surface area contributed by atoms with Crippen LogP contribution < -0.4 is 0 Å². The molecule has 0 spiro atoms. The molecule has 2 heterocycles. The summed E-state index contributed by atoms with van der Waals surface area (Å²) in [4.78, 5) is 12.9. The predicted octanol–water partition coefficient (Wildman–Crippen LogP) is 4.62. The quantitative estimate of drug-likeness (QED) is 0.0280. The fraction of sp³-hybridized carbons (Fsp3) is 0.756. The van der Waals surface area contributed by atoms with Crippen molar-refractivity contribution in [1.82, 2.24) is 0 Å². The van der Waals surface area contributed by atoms with E-state index >= 15 is 0 Å². The second-order valence-corrected chi connectivity index (χ2v) is 15.1. The van der Waals surface area contributed by atoms with Crippen molar-refractivity contribution in [2.75, 3.05) is 33.0 Å². The van der Waals surface area contributed by atoms with E-state index in [4.69, 9.17) is 28.4 Å². The summed E-state index contributed by atoms with van der Waals surface area (Å²) in [7, 11) is 0. The van der Waals surface area contributed by atoms with E-state index in [1.807, 2.05) is 0 Å². The Morgan fingerprint density at radius 2 is 1.10 bits per heavy atom. The van der Waals surface area contributed by atoms with Crippen molar-refractivity contribution in [2.24, 2.45) is 0 Å². The number of rotatable bonds is 32. The molecular weight excluding hydrogens is 764 g/mol. The normalized spacial score (nSPS) is 28.6. The van der Waals surface area contributed by atoms with Crippen LogP contribution in [0.2, 0.25) is 0 Å². The van der Waals surface area contributed by atoms with Crippen LogP contribution in [0.4, 0.5) is 0 Å². The van der Waals surface area contributed by atoms with Crippen LogP contribution in [0.15, 0.2) is 60.8 Å². The third-order valence-corrected chi connectivity index (χ3v) is 10.0. The Balaban J connectivity index is 1.86. The summed E-state index contributed by atoms with van der Waals surface area (Å²) in [6.07, 6.45) is 20.3. The Hall–Kier alpha value is -2.31. The lowest BCUT2D eigenvalue weighted by Crippen LogP contribution is -2.61. The minimum absolute atomic E-state index is 0.0172. The smallest absolute Gasteiger partial charge is 0.306 e. The van der Waals surface area contributed by atoms with Crippen LogP contribution in [0.25, 0.3) is 0 Å². The van der Waals surface area contributed by atoms with Crippen LogP contribution in [-0.4, -0.2) is 142 Å². The number of aliphatic hydroxyl groups is 7. The molecule has 2 aliphatic rings. The fourth-order valence-corrected chi connectivity index (χ4v) is 6.39. The molecule has 14 nitrogen and oxygen atoms in total. The number of hydrogen-bond donors (Lipinski definition) is 7. The van der Waals surface area contributed by atoms with Gasteiger partial charge in [-0.05, 0) is 64.2 Å². The molecule has 2 rings (SSSR count). The van der Waals surface area contributed by atoms with Crippen LogP contribution in [0.3, 0.4) is 0 Å². The molecule has 14 heteroatoms. The Morgan fingerprint density at radius 3 is 1.75 bits per heavy atom. The van der Waals surface area contributed by atoms with E-state index in [0.717, 1.165) is 77.0 Å². The third kappa shape index (κ3) is 22.4. The largest absolute Gasteiger partial charge is 0.457 e. The van der Waals surface area contributed by atoms with Crippen LogP contribution >= 0.6 is 0 Å². The highest BCUT2D eigenvalue weighted by Gasteiger charge is 2.47. The van der Waals surface area contributed by atoms with Gasteiger partial charge in [-0.1, -0.05) is 107 Å². The second-order valence-electron chi connectivity index (χ2n) is 15.1. The highest BCUT2D eigenvalue weighted by Crippen LogP contribution is 2.26. The Labute approximate surface area is 352 Å². The van der Waals surface area contributed by atoms with E-state index in [2.05, 4.69) is 74.6 Å². The van der Waals surface area contributed by atoms with Gasteiger partial charge in [-0.15, -0.1) is 0 Å². The predicted molar refractivity (Wildman–Crippen MR) is 224 cm³/mol. The van der Waals surface area contributed by atoms with E-state index in [0.29, 0.717) is 13.0 Å². The molecule has 2 aliphatic heterocycles. The number of unbranched alkanes of at least 4 members (excludes halogenated alkanes) is 8. The van der Waals surface area contributed by atoms with Gasteiger partial charge in [-0.3, -0.25) is 4.79 Å². The van der Waals surface area contributed by atoms with Crippen molar-refractivity contribution >= 4 is 5.97 Å². The molecule has 0 aliphatic carbocycles. The molecule has 0 aromatic rings. The van der Waals surface area contributed by atoms with Crippen molar-refractivity contribution in [2.45, 2.75) is 184 Å². The number of esters is 1. The van der Waals surface area contributed by atoms with Gasteiger partial charge in [-0.2, -0.15) is 0 Å². The van der Waals surface area contributed by atoms with Gasteiger partial charge in [0, 0.05) is 13.0 Å². The Morgan fingerprint density at radius 1 is 0.576 bits per heavy atom. The topological polar surface area (TPSA) is 214 Å². The first-order valence-corrected chi connectivity index (χ1v) is 21.9. The first-order valence-electron chi connectivity index (χ1n) is 21.9. The maximum absolute atomic E-state index is 12.9. The maximum atomic E-state index is 12.9. The molecule has 340 valence electrons. The molecule has 0 aromatic carbocycles. The van der Waals surface area contributed by atoms with Gasteiger partial charge < -0.3 is 64.2 Å². The molecule has 11 unspecified atom stereocenters. The van der Waals surface area contributed by atoms with Gasteiger partial charge in [-0.25, -0.2) is 0 Å². The van der Waals surface area contributed by atoms with Crippen LogP contribution in [0.1, 0.15) is 117 Å². The van der Waals surface area contributed by atoms with Crippen molar-refractivity contribution in [3.05, 3.63) is 60.8 Å². The number of carbonyl (C=O) groups excluding carboxylic acids is 1. The van der Waals surface area contributed by atoms with Gasteiger partial charge >= 0.3 is 5.97 Å². The molecular formula is C45H76O14. The molecule has 2 saturated heterocycles. The van der Waals surface area contributed by atoms with Crippen LogP contribution in [-0.2, 0) is 33.2 Å². The van der Waals surface area contributed by atoms with E-state index in [1.165, 1.54) is 12.8 Å². The molecule has 0 amide bonds. The fourth-order valence-electron chi connectivity index (χ4n) is 6.39. The van der Waals surface area contributed by atoms with E-state index in [1.54, 1.807) is 0 Å². The zero-order chi connectivity index (χ0) is 43.1. The summed E-state index contributed by atoms with van der Waals surface area (Å²) in [6, 6.07) is 0. The molecule has 2 fully saturated rings. The minimum Gasteiger partial charge on any atom is -0.457 e. The number of hydrogen-bond acceptors (Lipinski definition) is 14. The monoisotopic (exact) mass is 841 g/mol. The zero-order valence-corrected chi connectivity index (χ0v) is 35.5. The average molecular weight is 841 g/mol. The van der Waals surface area contributed by atoms with Crippen molar-refractivity contribution in [1.29, 1.82) is 0 Å². The summed E-state index contributed by atoms with van der Waals surface area (Å²) in [6.45, 7) is 3.32. The van der Waals surface area contributed by atoms with Gasteiger partial charge in [0.25, 0.3) is 0 Å². The average Bonchev–Trinajstić information content (AvgIpc) is 3.23. The van der Waals surface area contributed by atoms with Crippen LogP contribution in [0, 0.1) is 0 Å². The minimum atomic E-state index is -1.72. The lowest BCUT2D eigenvalue weighted by molar-refractivity contribution is -0.332. The zero-order valence-electron chi connectivity index (χ0n) is 35.5. The first-order chi connectivity index (χ1) is 28.6. The summed E-state index contributed by atoms with van der Waals surface area (Å²) in [5, 5.41) is 71.8. The summed E-state index contributed by atoms with van der Waals surface area (Å²) < 4.78 is 34.0. The molecule has 0 radical (unpaired) electrons. The third-order valence-electron chi connectivity index (χ3n) is 10.0. The number of ether oxygens (including phenoxy) is 6. The second kappa shape index (κ2) is 33.3. The van der Waals surface area contributed by atoms with Crippen molar-refractivity contribution < 1.29 is 69.0 Å². The van der Waals surface area contributed by atoms with Crippen LogP contribution in [0.5, 0.6) is 0 Å². The van der Waals surface area contributed by atoms with E-state index < -0.39 is 86.7 Å². The van der Waals surface area contributed by atoms with Gasteiger partial charge in [0.15, 0.2) is 12.6 Å². The summed E-state index contributed by atoms with van der Waals surface area (Å²) in [5.41, 5.74) is 0. The van der Waals surface area contributed by atoms with Gasteiger partial charge in [0.05, 0.1) is 26.4 Å². The highest BCUT2D eigenvalue weighted by molar-refractivity contribution is 5.69. The molecule has 7 N–H and O–H groups in total. The standard InChI is InChI=1S/C45H76O14/c1-3-5-7-9-11-13-15-16-17-19-21-23-25-27-29-54-31-34(57-37(47)28-26-24-22-20-18-14-12-10-8-6-4-2)32-55-44-43(53)41(51)39(49)36(59-44)33-56-45-42(52)40(50)38(48)35(30-46)58-45/h5,7,10-13,16-17,21,23,34-36,38-46,48-53H,3-4,6,8-9,14-15,18-20,22,24-33H2,1-2H3/b7-5-,12-10-,13-11-,17-16-,23-21-. The number of carbonyl (C=O) groups is 1. The molecule has 0 bridgehead atoms. The SMILES string of the molecule is CC/C=C\C/C=C\C/C=C\C/C=C\CCCOCC(COC1OC(COC2OC(CO)C(O)C(O)C2O)C(O)C(O)C1O)OC(=O)CCCCCCC/C=C\CCCC. The lowest BCUT2D eigenvalue weighted by atomic mass is 9.98. The maximum Gasteiger partial charge on any atom is 0.306 e. The number of aliphatic hydroxyl groups excluding tert-OH is 7. The Bertz CT molecular complexity index is 1210. The summed E-state index contributed by atoms with van der Waals surface area (Å²) >= 11 is 0. The lowest BCUT2D eigenvalue weighted by Gasteiger charge is -2.42. The van der Waals surface area contributed by atoms with E-state index in [9.17, 15) is 40.5 Å². The highest BCUT2D eigenvalue weighted by atomic mass is 16.7. The Kier molecular flexibility index (Phi) is 29.8. The summed E-state index contributed by atoms with van der Waals surface area (Å²) in [5.74, 6) is -0.410. The molecule has 0 aromatic heterocycles. The van der Waals surface area contributed by atoms with Gasteiger partial charge in [0.1, 0.15) is 54.9 Å². The number of allylic oxidation sites excluding steroid dienone is 10. The first kappa shape index (κ1) is 52.8. The molecule has 59 heavy (non-hydrogen) atoms. The van der Waals surface area contributed by atoms with Crippen molar-refractivity contribution in [3.8, 4) is 0 Å². The van der Waals surface area contributed by atoms with Crippen molar-refractivity contribution in [3.63, 3.8) is 0 Å². The van der Waals surface area contributed by atoms with Gasteiger partial charge in [0.2, 0.25) is 0 Å². The molecule has 0 saturated carbocycles. The molecule has 11 atom stereocenters.